The first-order valence-electron chi connectivity index (χ1n) is 12.0. The molecule has 1 aliphatic carbocycles. The normalized spacial score (nSPS) is 22.3. The highest BCUT2D eigenvalue weighted by Gasteiger charge is 2.47. The highest BCUT2D eigenvalue weighted by molar-refractivity contribution is 5.83. The molecule has 9 heteroatoms. The first kappa shape index (κ1) is 28.5. The van der Waals surface area contributed by atoms with Crippen LogP contribution in [0.4, 0.5) is 26.3 Å². The summed E-state index contributed by atoms with van der Waals surface area (Å²) in [5, 5.41) is 6.18. The largest absolute Gasteiger partial charge is 0.416 e. The van der Waals surface area contributed by atoms with Crippen LogP contribution in [0.5, 0.6) is 0 Å². The molecule has 3 atom stereocenters. The number of carbonyl (C=O) groups excluding carboxylic acids is 1. The minimum Gasteiger partial charge on any atom is -0.352 e. The SMILES string of the molecule is CCCC[C@@H](C)CNC1CCC(C(=O)NCc2cc(C(F)(F)F)cc(C(F)(F)F)c2)(C(C)C)C1. The fourth-order valence-corrected chi connectivity index (χ4v) is 4.74. The number of rotatable bonds is 10. The monoisotopic (exact) mass is 494 g/mol. The molecular weight excluding hydrogens is 458 g/mol. The number of benzene rings is 1. The van der Waals surface area contributed by atoms with Gasteiger partial charge in [0.05, 0.1) is 16.5 Å². The Morgan fingerprint density at radius 3 is 2.15 bits per heavy atom. The lowest BCUT2D eigenvalue weighted by Gasteiger charge is -2.32. The van der Waals surface area contributed by atoms with Gasteiger partial charge in [0.2, 0.25) is 5.91 Å². The first-order valence-corrected chi connectivity index (χ1v) is 12.0. The second kappa shape index (κ2) is 11.3. The van der Waals surface area contributed by atoms with Gasteiger partial charge >= 0.3 is 12.4 Å². The molecule has 1 amide bonds. The second-order valence-electron chi connectivity index (χ2n) is 10.0. The lowest BCUT2D eigenvalue weighted by Crippen LogP contribution is -2.44. The van der Waals surface area contributed by atoms with Crippen molar-refractivity contribution in [3.8, 4) is 0 Å². The van der Waals surface area contributed by atoms with Crippen LogP contribution in [0.2, 0.25) is 0 Å². The van der Waals surface area contributed by atoms with Gasteiger partial charge in [0.15, 0.2) is 0 Å². The number of amides is 1. The molecule has 3 nitrogen and oxygen atoms in total. The van der Waals surface area contributed by atoms with E-state index in [0.29, 0.717) is 30.9 Å². The number of halogens is 6. The maximum atomic E-state index is 13.2. The zero-order chi connectivity index (χ0) is 25.7. The predicted octanol–water partition coefficient (Wildman–Crippen LogP) is 6.95. The third kappa shape index (κ3) is 7.36. The summed E-state index contributed by atoms with van der Waals surface area (Å²) >= 11 is 0. The topological polar surface area (TPSA) is 41.1 Å². The zero-order valence-electron chi connectivity index (χ0n) is 20.3. The summed E-state index contributed by atoms with van der Waals surface area (Å²) in [6.45, 7) is 8.65. The number of carbonyl (C=O) groups is 1. The number of alkyl halides is 6. The lowest BCUT2D eigenvalue weighted by atomic mass is 9.74. The predicted molar refractivity (Wildman–Crippen MR) is 120 cm³/mol. The molecule has 1 aromatic rings. The van der Waals surface area contributed by atoms with Crippen molar-refractivity contribution in [1.82, 2.24) is 10.6 Å². The first-order chi connectivity index (χ1) is 15.7. The molecule has 2 unspecified atom stereocenters. The van der Waals surface area contributed by atoms with E-state index in [0.717, 1.165) is 32.2 Å². The van der Waals surface area contributed by atoms with Crippen LogP contribution >= 0.6 is 0 Å². The van der Waals surface area contributed by atoms with Crippen molar-refractivity contribution in [2.24, 2.45) is 17.3 Å². The van der Waals surface area contributed by atoms with Gasteiger partial charge in [0, 0.05) is 12.6 Å². The molecule has 0 bridgehead atoms. The van der Waals surface area contributed by atoms with E-state index in [4.69, 9.17) is 0 Å². The van der Waals surface area contributed by atoms with E-state index in [1.807, 2.05) is 13.8 Å². The lowest BCUT2D eigenvalue weighted by molar-refractivity contribution is -0.143. The fraction of sp³-hybridized carbons (Fsp3) is 0.720. The molecule has 0 saturated heterocycles. The molecule has 0 heterocycles. The maximum Gasteiger partial charge on any atom is 0.416 e. The van der Waals surface area contributed by atoms with Gasteiger partial charge in [-0.3, -0.25) is 4.79 Å². The van der Waals surface area contributed by atoms with E-state index in [1.165, 1.54) is 0 Å². The summed E-state index contributed by atoms with van der Waals surface area (Å²) in [4.78, 5) is 13.2. The average molecular weight is 495 g/mol. The molecule has 1 aromatic carbocycles. The summed E-state index contributed by atoms with van der Waals surface area (Å²) in [6, 6.07) is 1.57. The van der Waals surface area contributed by atoms with Crippen LogP contribution in [0.3, 0.4) is 0 Å². The quantitative estimate of drug-likeness (QED) is 0.346. The van der Waals surface area contributed by atoms with E-state index < -0.39 is 35.4 Å². The van der Waals surface area contributed by atoms with Gasteiger partial charge in [-0.25, -0.2) is 0 Å². The van der Waals surface area contributed by atoms with Crippen LogP contribution in [-0.2, 0) is 23.7 Å². The zero-order valence-corrected chi connectivity index (χ0v) is 20.3. The van der Waals surface area contributed by atoms with Crippen molar-refractivity contribution < 1.29 is 31.1 Å². The Hall–Kier alpha value is -1.77. The molecule has 34 heavy (non-hydrogen) atoms. The molecular formula is C25H36F6N2O. The second-order valence-corrected chi connectivity index (χ2v) is 10.0. The standard InChI is InChI=1S/C25H36F6N2O/c1-5-6-7-17(4)14-32-21-8-9-23(13-21,16(2)3)22(34)33-15-18-10-19(24(26,27)28)12-20(11-18)25(29,30)31/h10-12,16-17,21,32H,5-9,13-15H2,1-4H3,(H,33,34)/t17-,21?,23?/m1/s1. The van der Waals surface area contributed by atoms with Crippen LogP contribution in [-0.4, -0.2) is 18.5 Å². The fourth-order valence-electron chi connectivity index (χ4n) is 4.74. The summed E-state index contributed by atoms with van der Waals surface area (Å²) in [6.07, 6.45) is -4.40. The number of hydrogen-bond donors (Lipinski definition) is 2. The van der Waals surface area contributed by atoms with Gasteiger partial charge in [-0.15, -0.1) is 0 Å². The summed E-state index contributed by atoms with van der Waals surface area (Å²) in [5.41, 5.74) is -3.70. The van der Waals surface area contributed by atoms with Crippen molar-refractivity contribution >= 4 is 5.91 Å². The maximum absolute atomic E-state index is 13.2. The Bertz CT molecular complexity index is 788. The number of unbranched alkanes of at least 4 members (excludes halogenated alkanes) is 1. The third-order valence-corrected chi connectivity index (χ3v) is 7.01. The molecule has 194 valence electrons. The molecule has 1 saturated carbocycles. The average Bonchev–Trinajstić information content (AvgIpc) is 3.19. The van der Waals surface area contributed by atoms with Crippen molar-refractivity contribution in [3.05, 3.63) is 34.9 Å². The highest BCUT2D eigenvalue weighted by atomic mass is 19.4. The Labute approximate surface area is 198 Å². The van der Waals surface area contributed by atoms with Crippen molar-refractivity contribution in [2.75, 3.05) is 6.54 Å². The summed E-state index contributed by atoms with van der Waals surface area (Å²) in [5.74, 6) is 0.174. The smallest absolute Gasteiger partial charge is 0.352 e. The van der Waals surface area contributed by atoms with Gasteiger partial charge < -0.3 is 10.6 Å². The van der Waals surface area contributed by atoms with Gasteiger partial charge in [-0.05, 0) is 67.8 Å². The van der Waals surface area contributed by atoms with Crippen molar-refractivity contribution in [2.45, 2.75) is 91.2 Å². The van der Waals surface area contributed by atoms with Gasteiger partial charge in [0.1, 0.15) is 0 Å². The molecule has 0 radical (unpaired) electrons. The van der Waals surface area contributed by atoms with Gasteiger partial charge in [-0.1, -0.05) is 40.5 Å². The van der Waals surface area contributed by atoms with Crippen LogP contribution in [0, 0.1) is 17.3 Å². The summed E-state index contributed by atoms with van der Waals surface area (Å²) < 4.78 is 78.8. The van der Waals surface area contributed by atoms with Crippen LogP contribution in [0.1, 0.15) is 82.9 Å². The van der Waals surface area contributed by atoms with Crippen molar-refractivity contribution in [1.29, 1.82) is 0 Å². The van der Waals surface area contributed by atoms with Crippen LogP contribution < -0.4 is 10.6 Å². The highest BCUT2D eigenvalue weighted by Crippen LogP contribution is 2.45. The number of hydrogen-bond acceptors (Lipinski definition) is 2. The Kier molecular flexibility index (Phi) is 9.47. The minimum atomic E-state index is -4.92. The van der Waals surface area contributed by atoms with E-state index in [1.54, 1.807) is 0 Å². The molecule has 0 spiro atoms. The molecule has 1 fully saturated rings. The Morgan fingerprint density at radius 2 is 1.65 bits per heavy atom. The van der Waals surface area contributed by atoms with Gasteiger partial charge in [-0.2, -0.15) is 26.3 Å². The molecule has 1 aliphatic rings. The Morgan fingerprint density at radius 1 is 1.06 bits per heavy atom. The summed E-state index contributed by atoms with van der Waals surface area (Å²) in [7, 11) is 0. The van der Waals surface area contributed by atoms with Crippen molar-refractivity contribution in [3.63, 3.8) is 0 Å². The molecule has 0 aliphatic heterocycles. The van der Waals surface area contributed by atoms with E-state index in [9.17, 15) is 31.1 Å². The molecule has 2 rings (SSSR count). The van der Waals surface area contributed by atoms with E-state index in [2.05, 4.69) is 24.5 Å². The van der Waals surface area contributed by atoms with Gasteiger partial charge in [0.25, 0.3) is 0 Å². The van der Waals surface area contributed by atoms with Crippen LogP contribution in [0.25, 0.3) is 0 Å². The minimum absolute atomic E-state index is 0.0240. The number of nitrogens with one attached hydrogen (secondary N) is 2. The molecule has 2 N–H and O–H groups in total. The third-order valence-electron chi connectivity index (χ3n) is 7.01. The molecule has 0 aromatic heterocycles. The van der Waals surface area contributed by atoms with E-state index >= 15 is 0 Å². The van der Waals surface area contributed by atoms with E-state index in [-0.39, 0.29) is 29.5 Å². The van der Waals surface area contributed by atoms with Crippen LogP contribution in [0.15, 0.2) is 18.2 Å². The Balaban J connectivity index is 2.10.